The molecule has 0 radical (unpaired) electrons. The lowest BCUT2D eigenvalue weighted by molar-refractivity contribution is -0.0890. The number of aromatic nitrogens is 1. The molecule has 3 heterocycles. The molecule has 1 aromatic heterocycles. The van der Waals surface area contributed by atoms with Crippen molar-refractivity contribution < 1.29 is 17.5 Å². The van der Waals surface area contributed by atoms with Crippen molar-refractivity contribution in [2.24, 2.45) is 5.41 Å². The van der Waals surface area contributed by atoms with Crippen LogP contribution in [-0.2, 0) is 16.6 Å². The van der Waals surface area contributed by atoms with Crippen LogP contribution in [0.5, 0.6) is 5.75 Å². The van der Waals surface area contributed by atoms with E-state index in [0.717, 1.165) is 36.4 Å². The van der Waals surface area contributed by atoms with Gasteiger partial charge in [-0.1, -0.05) is 12.1 Å². The minimum Gasteiger partial charge on any atom is -0.492 e. The Bertz CT molecular complexity index is 1080. The molecule has 0 amide bonds. The number of halogens is 1. The average Bonchev–Trinajstić information content (AvgIpc) is 2.79. The first-order chi connectivity index (χ1) is 14.3. The SMILES string of the molecule is Cc1cc2c(cn1)CN(C1CC3(C1)CN(S(=O)(=O)c1ccccc1F)C3)[C@H](C)CO2. The van der Waals surface area contributed by atoms with Crippen LogP contribution in [0.1, 0.15) is 31.0 Å². The van der Waals surface area contributed by atoms with Crippen LogP contribution in [0.25, 0.3) is 0 Å². The predicted octanol–water partition coefficient (Wildman–Crippen LogP) is 2.97. The van der Waals surface area contributed by atoms with E-state index in [1.165, 1.54) is 22.5 Å². The van der Waals surface area contributed by atoms with Gasteiger partial charge in [-0.05, 0) is 38.8 Å². The van der Waals surface area contributed by atoms with Gasteiger partial charge in [0.05, 0.1) is 0 Å². The molecule has 2 aromatic rings. The van der Waals surface area contributed by atoms with Crippen LogP contribution >= 0.6 is 0 Å². The Labute approximate surface area is 176 Å². The second-order valence-electron chi connectivity index (χ2n) is 9.03. The summed E-state index contributed by atoms with van der Waals surface area (Å²) in [6.45, 7) is 6.50. The Morgan fingerprint density at radius 1 is 1.23 bits per heavy atom. The number of sulfonamides is 1. The highest BCUT2D eigenvalue weighted by atomic mass is 32.2. The molecule has 1 atom stereocenters. The predicted molar refractivity (Wildman–Crippen MR) is 110 cm³/mol. The Balaban J connectivity index is 1.25. The van der Waals surface area contributed by atoms with E-state index in [-0.39, 0.29) is 16.4 Å². The standard InChI is InChI=1S/C22H26FN3O3S/c1-15-7-20-17(10-24-15)11-26(16(2)12-29-20)18-8-22(9-18)13-25(14-22)30(27,28)21-6-4-3-5-19(21)23/h3-7,10,16,18H,8-9,11-14H2,1-2H3/t16-/m1/s1. The fraction of sp³-hybridized carbons (Fsp3) is 0.500. The number of aryl methyl sites for hydroxylation is 1. The van der Waals surface area contributed by atoms with E-state index in [2.05, 4.69) is 16.8 Å². The van der Waals surface area contributed by atoms with Crippen molar-refractivity contribution in [3.05, 3.63) is 53.6 Å². The number of hydrogen-bond donors (Lipinski definition) is 0. The molecule has 6 nitrogen and oxygen atoms in total. The summed E-state index contributed by atoms with van der Waals surface area (Å²) < 4.78 is 46.9. The van der Waals surface area contributed by atoms with E-state index < -0.39 is 15.8 Å². The Morgan fingerprint density at radius 2 is 1.97 bits per heavy atom. The van der Waals surface area contributed by atoms with Crippen molar-refractivity contribution in [2.45, 2.75) is 50.2 Å². The van der Waals surface area contributed by atoms with Crippen LogP contribution in [0.3, 0.4) is 0 Å². The first-order valence-corrected chi connectivity index (χ1v) is 11.8. The van der Waals surface area contributed by atoms with Crippen molar-refractivity contribution >= 4 is 10.0 Å². The molecule has 2 fully saturated rings. The Morgan fingerprint density at radius 3 is 2.70 bits per heavy atom. The highest BCUT2D eigenvalue weighted by Crippen LogP contribution is 2.52. The molecule has 1 aromatic carbocycles. The normalized spacial score (nSPS) is 24.4. The summed E-state index contributed by atoms with van der Waals surface area (Å²) in [5.74, 6) is 0.225. The maximum absolute atomic E-state index is 14.0. The summed E-state index contributed by atoms with van der Waals surface area (Å²) in [5.41, 5.74) is 2.07. The second-order valence-corrected chi connectivity index (χ2v) is 10.9. The number of pyridine rings is 1. The number of rotatable bonds is 3. The van der Waals surface area contributed by atoms with E-state index >= 15 is 0 Å². The highest BCUT2D eigenvalue weighted by Gasteiger charge is 2.57. The quantitative estimate of drug-likeness (QED) is 0.748. The Hall–Kier alpha value is -2.03. The van der Waals surface area contributed by atoms with Gasteiger partial charge >= 0.3 is 0 Å². The molecule has 2 aliphatic heterocycles. The maximum Gasteiger partial charge on any atom is 0.246 e. The molecular formula is C22H26FN3O3S. The molecule has 1 saturated carbocycles. The van der Waals surface area contributed by atoms with Gasteiger partial charge in [0.15, 0.2) is 0 Å². The zero-order valence-corrected chi connectivity index (χ0v) is 18.0. The third-order valence-corrected chi connectivity index (χ3v) is 8.59. The number of fused-ring (bicyclic) bond motifs is 1. The van der Waals surface area contributed by atoms with Gasteiger partial charge in [-0.15, -0.1) is 0 Å². The summed E-state index contributed by atoms with van der Waals surface area (Å²) in [6, 6.07) is 8.26. The summed E-state index contributed by atoms with van der Waals surface area (Å²) >= 11 is 0. The number of benzene rings is 1. The van der Waals surface area contributed by atoms with E-state index in [0.29, 0.717) is 25.7 Å². The molecule has 1 saturated heterocycles. The molecule has 1 aliphatic carbocycles. The lowest BCUT2D eigenvalue weighted by Gasteiger charge is -2.60. The summed E-state index contributed by atoms with van der Waals surface area (Å²) in [4.78, 5) is 6.65. The largest absolute Gasteiger partial charge is 0.492 e. The fourth-order valence-electron chi connectivity index (χ4n) is 5.06. The molecule has 0 bridgehead atoms. The highest BCUT2D eigenvalue weighted by molar-refractivity contribution is 7.89. The Kier molecular flexibility index (Phi) is 4.65. The maximum atomic E-state index is 14.0. The van der Waals surface area contributed by atoms with Crippen LogP contribution in [0, 0.1) is 18.2 Å². The van der Waals surface area contributed by atoms with Crippen molar-refractivity contribution in [3.8, 4) is 5.75 Å². The number of nitrogens with zero attached hydrogens (tertiary/aromatic N) is 3. The summed E-state index contributed by atoms with van der Waals surface area (Å²) in [7, 11) is -3.77. The zero-order valence-electron chi connectivity index (χ0n) is 17.2. The van der Waals surface area contributed by atoms with Crippen LogP contribution < -0.4 is 4.74 Å². The van der Waals surface area contributed by atoms with Gasteiger partial charge in [-0.25, -0.2) is 12.8 Å². The smallest absolute Gasteiger partial charge is 0.246 e. The van der Waals surface area contributed by atoms with E-state index in [1.54, 1.807) is 6.07 Å². The van der Waals surface area contributed by atoms with Crippen LogP contribution in [0.2, 0.25) is 0 Å². The molecule has 3 aliphatic rings. The average molecular weight is 432 g/mol. The molecule has 1 spiro atoms. The van der Waals surface area contributed by atoms with E-state index in [4.69, 9.17) is 4.74 Å². The van der Waals surface area contributed by atoms with Crippen molar-refractivity contribution in [3.63, 3.8) is 0 Å². The lowest BCUT2D eigenvalue weighted by Crippen LogP contribution is -2.68. The van der Waals surface area contributed by atoms with Crippen LogP contribution in [0.15, 0.2) is 41.4 Å². The summed E-state index contributed by atoms with van der Waals surface area (Å²) in [6.07, 6.45) is 3.81. The van der Waals surface area contributed by atoms with Crippen LogP contribution in [0.4, 0.5) is 4.39 Å². The van der Waals surface area contributed by atoms with Gasteiger partial charge in [0.25, 0.3) is 0 Å². The minimum atomic E-state index is -3.77. The van der Waals surface area contributed by atoms with E-state index in [9.17, 15) is 12.8 Å². The minimum absolute atomic E-state index is 0.0181. The first kappa shape index (κ1) is 19.9. The lowest BCUT2D eigenvalue weighted by atomic mass is 9.61. The number of ether oxygens (including phenoxy) is 1. The number of hydrogen-bond acceptors (Lipinski definition) is 5. The van der Waals surface area contributed by atoms with Gasteiger partial charge in [-0.2, -0.15) is 4.31 Å². The van der Waals surface area contributed by atoms with Crippen molar-refractivity contribution in [2.75, 3.05) is 19.7 Å². The molecular weight excluding hydrogens is 405 g/mol. The van der Waals surface area contributed by atoms with E-state index in [1.807, 2.05) is 19.2 Å². The van der Waals surface area contributed by atoms with Crippen molar-refractivity contribution in [1.82, 2.24) is 14.2 Å². The molecule has 160 valence electrons. The second kappa shape index (κ2) is 7.00. The van der Waals surface area contributed by atoms with Crippen molar-refractivity contribution in [1.29, 1.82) is 0 Å². The first-order valence-electron chi connectivity index (χ1n) is 10.4. The van der Waals surface area contributed by atoms with Crippen LogP contribution in [-0.4, -0.2) is 54.4 Å². The molecule has 0 N–H and O–H groups in total. The topological polar surface area (TPSA) is 62.7 Å². The van der Waals surface area contributed by atoms with Gasteiger partial charge < -0.3 is 4.74 Å². The molecule has 5 rings (SSSR count). The van der Waals surface area contributed by atoms with Gasteiger partial charge in [-0.3, -0.25) is 9.88 Å². The monoisotopic (exact) mass is 431 g/mol. The molecule has 30 heavy (non-hydrogen) atoms. The third-order valence-electron chi connectivity index (χ3n) is 6.76. The molecule has 8 heteroatoms. The summed E-state index contributed by atoms with van der Waals surface area (Å²) in [5, 5.41) is 0. The van der Waals surface area contributed by atoms with Gasteiger partial charge in [0, 0.05) is 60.7 Å². The molecule has 0 unspecified atom stereocenters. The van der Waals surface area contributed by atoms with Gasteiger partial charge in [0.2, 0.25) is 10.0 Å². The fourth-order valence-corrected chi connectivity index (χ4v) is 6.79. The zero-order chi connectivity index (χ0) is 21.1. The van der Waals surface area contributed by atoms with Gasteiger partial charge in [0.1, 0.15) is 23.1 Å². The third kappa shape index (κ3) is 3.21.